The van der Waals surface area contributed by atoms with E-state index in [2.05, 4.69) is 30.8 Å². The normalized spacial score (nSPS) is 10.4. The number of hydrogen-bond donors (Lipinski definition) is 0. The first-order valence-electron chi connectivity index (χ1n) is 5.58. The highest BCUT2D eigenvalue weighted by Gasteiger charge is 2.07. The Morgan fingerprint density at radius 1 is 1.33 bits per heavy atom. The van der Waals surface area contributed by atoms with Gasteiger partial charge in [-0.15, -0.1) is 0 Å². The quantitative estimate of drug-likeness (QED) is 0.860. The molecule has 0 bridgehead atoms. The summed E-state index contributed by atoms with van der Waals surface area (Å²) in [5.41, 5.74) is 1.27. The molecule has 2 rings (SSSR count). The maximum absolute atomic E-state index is 5.88. The molecule has 0 N–H and O–H groups in total. The molecule has 2 heterocycles. The monoisotopic (exact) mass is 325 g/mol. The molecule has 0 spiro atoms. The van der Waals surface area contributed by atoms with Crippen LogP contribution in [0, 0.1) is 0 Å². The largest absolute Gasteiger partial charge is 0.358 e. The Morgan fingerprint density at radius 3 is 2.72 bits per heavy atom. The minimum Gasteiger partial charge on any atom is -0.358 e. The van der Waals surface area contributed by atoms with E-state index in [1.54, 1.807) is 6.20 Å². The average Bonchev–Trinajstić information content (AvgIpc) is 2.37. The first kappa shape index (κ1) is 13.3. The number of pyridine rings is 2. The predicted octanol–water partition coefficient (Wildman–Crippen LogP) is 3.57. The van der Waals surface area contributed by atoms with Crippen LogP contribution in [-0.4, -0.2) is 23.6 Å². The van der Waals surface area contributed by atoms with Crippen LogP contribution in [0.3, 0.4) is 0 Å². The van der Waals surface area contributed by atoms with Gasteiger partial charge >= 0.3 is 0 Å². The van der Waals surface area contributed by atoms with Gasteiger partial charge in [0, 0.05) is 32.2 Å². The van der Waals surface area contributed by atoms with Gasteiger partial charge in [-0.2, -0.15) is 0 Å². The van der Waals surface area contributed by atoms with Gasteiger partial charge in [0.1, 0.15) is 5.82 Å². The molecule has 0 radical (unpaired) electrons. The van der Waals surface area contributed by atoms with Crippen LogP contribution in [0.15, 0.2) is 41.3 Å². The maximum Gasteiger partial charge on any atom is 0.142 e. The summed E-state index contributed by atoms with van der Waals surface area (Å²) in [7, 11) is 2.02. The van der Waals surface area contributed by atoms with E-state index >= 15 is 0 Å². The van der Waals surface area contributed by atoms with Gasteiger partial charge in [-0.25, -0.2) is 4.98 Å². The Hall–Kier alpha value is -1.13. The lowest BCUT2D eigenvalue weighted by Gasteiger charge is -2.19. The van der Waals surface area contributed by atoms with Crippen molar-refractivity contribution in [2.75, 3.05) is 18.5 Å². The molecule has 0 aliphatic carbocycles. The second kappa shape index (κ2) is 6.16. The van der Waals surface area contributed by atoms with Gasteiger partial charge in [0.2, 0.25) is 0 Å². The van der Waals surface area contributed by atoms with Crippen LogP contribution in [0.2, 0.25) is 5.02 Å². The molecule has 2 aromatic heterocycles. The summed E-state index contributed by atoms with van der Waals surface area (Å²) in [4.78, 5) is 10.4. The molecule has 0 saturated carbocycles. The second-order valence-corrected chi connectivity index (χ2v) is 5.28. The van der Waals surface area contributed by atoms with Crippen molar-refractivity contribution in [1.29, 1.82) is 0 Å². The summed E-state index contributed by atoms with van der Waals surface area (Å²) in [6, 6.07) is 5.91. The molecule has 0 aliphatic heterocycles. The standard InChI is InChI=1S/C13H13BrClN3/c1-18(7-4-10-2-5-16-6-3-10)13-12(14)8-11(15)9-17-13/h2-3,5-6,8-9H,4,7H2,1H3. The molecule has 0 saturated heterocycles. The summed E-state index contributed by atoms with van der Waals surface area (Å²) in [6.45, 7) is 0.886. The van der Waals surface area contributed by atoms with Crippen molar-refractivity contribution in [2.45, 2.75) is 6.42 Å². The first-order valence-corrected chi connectivity index (χ1v) is 6.75. The summed E-state index contributed by atoms with van der Waals surface area (Å²) in [5, 5.41) is 0.633. The number of nitrogens with zero attached hydrogens (tertiary/aromatic N) is 3. The topological polar surface area (TPSA) is 29.0 Å². The molecule has 2 aromatic rings. The van der Waals surface area contributed by atoms with Crippen molar-refractivity contribution in [3.05, 3.63) is 51.8 Å². The number of anilines is 1. The lowest BCUT2D eigenvalue weighted by molar-refractivity contribution is 0.855. The zero-order chi connectivity index (χ0) is 13.0. The van der Waals surface area contributed by atoms with Gasteiger partial charge in [-0.1, -0.05) is 11.6 Å². The molecule has 3 nitrogen and oxygen atoms in total. The van der Waals surface area contributed by atoms with Crippen molar-refractivity contribution >= 4 is 33.3 Å². The van der Waals surface area contributed by atoms with Crippen LogP contribution < -0.4 is 4.90 Å². The van der Waals surface area contributed by atoms with Crippen LogP contribution in [-0.2, 0) is 6.42 Å². The van der Waals surface area contributed by atoms with E-state index in [0.29, 0.717) is 5.02 Å². The Balaban J connectivity index is 2.01. The summed E-state index contributed by atoms with van der Waals surface area (Å²) in [6.07, 6.45) is 6.23. The van der Waals surface area contributed by atoms with Gasteiger partial charge in [-0.05, 0) is 46.1 Å². The number of halogens is 2. The third kappa shape index (κ3) is 3.43. The van der Waals surface area contributed by atoms with Gasteiger partial charge in [0.05, 0.1) is 9.50 Å². The molecule has 0 fully saturated rings. The van der Waals surface area contributed by atoms with Crippen molar-refractivity contribution in [3.63, 3.8) is 0 Å². The van der Waals surface area contributed by atoms with Gasteiger partial charge in [0.15, 0.2) is 0 Å². The Kier molecular flexibility index (Phi) is 4.55. The summed E-state index contributed by atoms with van der Waals surface area (Å²) in [5.74, 6) is 0.897. The van der Waals surface area contributed by atoms with Crippen molar-refractivity contribution in [2.24, 2.45) is 0 Å². The van der Waals surface area contributed by atoms with E-state index in [9.17, 15) is 0 Å². The lowest BCUT2D eigenvalue weighted by atomic mass is 10.2. The van der Waals surface area contributed by atoms with Crippen molar-refractivity contribution < 1.29 is 0 Å². The van der Waals surface area contributed by atoms with Crippen LogP contribution in [0.1, 0.15) is 5.56 Å². The van der Waals surface area contributed by atoms with E-state index in [-0.39, 0.29) is 0 Å². The number of likely N-dealkylation sites (N-methyl/N-ethyl adjacent to an activating group) is 1. The predicted molar refractivity (Wildman–Crippen MR) is 78.2 cm³/mol. The van der Waals surface area contributed by atoms with Gasteiger partial charge in [0.25, 0.3) is 0 Å². The average molecular weight is 327 g/mol. The molecule has 0 atom stereocenters. The fraction of sp³-hybridized carbons (Fsp3) is 0.231. The summed E-state index contributed by atoms with van der Waals surface area (Å²) < 4.78 is 0.909. The molecule has 0 aliphatic rings. The third-order valence-electron chi connectivity index (χ3n) is 2.64. The van der Waals surface area contributed by atoms with Gasteiger partial charge < -0.3 is 4.90 Å². The number of aromatic nitrogens is 2. The lowest BCUT2D eigenvalue weighted by Crippen LogP contribution is -2.21. The molecule has 0 aromatic carbocycles. The molecular formula is C13H13BrClN3. The number of rotatable bonds is 4. The van der Waals surface area contributed by atoms with E-state index in [1.807, 2.05) is 37.6 Å². The SMILES string of the molecule is CN(CCc1ccncc1)c1ncc(Cl)cc1Br. The molecule has 0 unspecified atom stereocenters. The highest BCUT2D eigenvalue weighted by molar-refractivity contribution is 9.10. The third-order valence-corrected chi connectivity index (χ3v) is 3.43. The Labute approximate surface area is 120 Å². The van der Waals surface area contributed by atoms with E-state index < -0.39 is 0 Å². The minimum atomic E-state index is 0.633. The highest BCUT2D eigenvalue weighted by Crippen LogP contribution is 2.25. The molecule has 18 heavy (non-hydrogen) atoms. The Morgan fingerprint density at radius 2 is 2.06 bits per heavy atom. The molecule has 94 valence electrons. The second-order valence-electron chi connectivity index (χ2n) is 3.99. The van der Waals surface area contributed by atoms with E-state index in [4.69, 9.17) is 11.6 Å². The fourth-order valence-electron chi connectivity index (χ4n) is 1.64. The van der Waals surface area contributed by atoms with Crippen LogP contribution in [0.25, 0.3) is 0 Å². The zero-order valence-electron chi connectivity index (χ0n) is 9.98. The minimum absolute atomic E-state index is 0.633. The van der Waals surface area contributed by atoms with E-state index in [0.717, 1.165) is 23.3 Å². The van der Waals surface area contributed by atoms with Crippen molar-refractivity contribution in [3.8, 4) is 0 Å². The highest BCUT2D eigenvalue weighted by atomic mass is 79.9. The smallest absolute Gasteiger partial charge is 0.142 e. The van der Waals surface area contributed by atoms with Gasteiger partial charge in [-0.3, -0.25) is 4.98 Å². The van der Waals surface area contributed by atoms with Crippen LogP contribution in [0.4, 0.5) is 5.82 Å². The number of hydrogen-bond acceptors (Lipinski definition) is 3. The molecule has 0 amide bonds. The summed E-state index contributed by atoms with van der Waals surface area (Å²) >= 11 is 9.35. The fourth-order valence-corrected chi connectivity index (χ4v) is 2.58. The first-order chi connectivity index (χ1) is 8.66. The molecular weight excluding hydrogens is 314 g/mol. The zero-order valence-corrected chi connectivity index (χ0v) is 12.3. The molecule has 5 heteroatoms. The van der Waals surface area contributed by atoms with Crippen molar-refractivity contribution in [1.82, 2.24) is 9.97 Å². The van der Waals surface area contributed by atoms with E-state index in [1.165, 1.54) is 5.56 Å². The van der Waals surface area contributed by atoms with Crippen LogP contribution >= 0.6 is 27.5 Å². The Bertz CT molecular complexity index is 519. The maximum atomic E-state index is 5.88. The van der Waals surface area contributed by atoms with Crippen LogP contribution in [0.5, 0.6) is 0 Å².